The van der Waals surface area contributed by atoms with Crippen molar-refractivity contribution in [1.82, 2.24) is 14.5 Å². The van der Waals surface area contributed by atoms with Crippen LogP contribution < -0.4 is 5.19 Å². The molecule has 0 aliphatic rings. The Hall–Kier alpha value is -4.87. The number of benzene rings is 5. The van der Waals surface area contributed by atoms with Gasteiger partial charge in [-0.1, -0.05) is 144 Å². The second-order valence-corrected chi connectivity index (χ2v) is 22.1. The van der Waals surface area contributed by atoms with Gasteiger partial charge in [-0.15, -0.1) is 42.0 Å². The minimum atomic E-state index is -2.22. The van der Waals surface area contributed by atoms with Gasteiger partial charge in [-0.25, -0.2) is 0 Å². The van der Waals surface area contributed by atoms with E-state index in [1.807, 2.05) is 42.5 Å². The number of aromatic nitrogens is 3. The SMILES string of the molecule is CC(C)Cc1cc(-c2[c-]cccc2)ncc1[Si](C)(C)C.[2H]C([2H])([2H])c1ccc2c(-c3nc4ccccc4n3-c3c(C(C)C)cc(-c4ccccc4)cc3C(C)C)[c-]oc2c1.[Ir]. The van der Waals surface area contributed by atoms with Crippen molar-refractivity contribution < 1.29 is 28.6 Å². The number of aryl methyl sites for hydroxylation is 1. The van der Waals surface area contributed by atoms with E-state index < -0.39 is 14.9 Å². The van der Waals surface area contributed by atoms with Crippen molar-refractivity contribution in [2.24, 2.45) is 5.92 Å². The van der Waals surface area contributed by atoms with E-state index in [0.717, 1.165) is 45.6 Å². The third-order valence-corrected chi connectivity index (χ3v) is 12.5. The van der Waals surface area contributed by atoms with Crippen LogP contribution in [-0.2, 0) is 26.5 Å². The molecule has 0 aliphatic carbocycles. The number of pyridine rings is 1. The van der Waals surface area contributed by atoms with E-state index in [0.29, 0.717) is 17.1 Å². The summed E-state index contributed by atoms with van der Waals surface area (Å²) in [6, 6.07) is 41.9. The molecule has 299 valence electrons. The van der Waals surface area contributed by atoms with Crippen molar-refractivity contribution >= 4 is 35.3 Å². The molecule has 0 N–H and O–H groups in total. The first-order valence-electron chi connectivity index (χ1n) is 21.6. The van der Waals surface area contributed by atoms with Crippen molar-refractivity contribution in [1.29, 1.82) is 0 Å². The summed E-state index contributed by atoms with van der Waals surface area (Å²) < 4.78 is 31.5. The zero-order chi connectivity index (χ0) is 42.9. The Bertz CT molecular complexity index is 2720. The molecule has 8 aromatic rings. The van der Waals surface area contributed by atoms with Gasteiger partial charge >= 0.3 is 0 Å². The second-order valence-electron chi connectivity index (χ2n) is 17.1. The summed E-state index contributed by atoms with van der Waals surface area (Å²) in [5, 5.41) is 2.27. The molecule has 0 unspecified atom stereocenters. The Labute approximate surface area is 364 Å². The van der Waals surface area contributed by atoms with Gasteiger partial charge in [-0.05, 0) is 88.4 Å². The van der Waals surface area contributed by atoms with E-state index in [2.05, 4.69) is 144 Å². The topological polar surface area (TPSA) is 43.9 Å². The van der Waals surface area contributed by atoms with Crippen LogP contribution in [0.4, 0.5) is 0 Å². The molecule has 8 rings (SSSR count). The predicted octanol–water partition coefficient (Wildman–Crippen LogP) is 13.8. The monoisotopic (exact) mass is 961 g/mol. The summed E-state index contributed by atoms with van der Waals surface area (Å²) in [5.74, 6) is 1.88. The minimum Gasteiger partial charge on any atom is -0.557 e. The van der Waals surface area contributed by atoms with Gasteiger partial charge in [-0.3, -0.25) is 4.98 Å². The molecule has 0 aliphatic heterocycles. The molecule has 0 saturated heterocycles. The Morgan fingerprint density at radius 2 is 1.47 bits per heavy atom. The number of hydrogen-bond acceptors (Lipinski definition) is 3. The smallest absolute Gasteiger partial charge is 0.0798 e. The van der Waals surface area contributed by atoms with Crippen LogP contribution in [-0.4, -0.2) is 22.6 Å². The number of imidazole rings is 1. The number of furan rings is 1. The molecule has 0 saturated carbocycles. The van der Waals surface area contributed by atoms with Gasteiger partial charge in [0.15, 0.2) is 0 Å². The molecular formula is C52H55IrN3OSi-2. The largest absolute Gasteiger partial charge is 0.557 e. The molecule has 3 aromatic heterocycles. The third kappa shape index (κ3) is 9.05. The van der Waals surface area contributed by atoms with E-state index >= 15 is 0 Å². The van der Waals surface area contributed by atoms with Gasteiger partial charge in [0.25, 0.3) is 0 Å². The van der Waals surface area contributed by atoms with E-state index in [-0.39, 0.29) is 37.5 Å². The molecule has 58 heavy (non-hydrogen) atoms. The van der Waals surface area contributed by atoms with Crippen LogP contribution in [0.3, 0.4) is 0 Å². The molecular weight excluding hydrogens is 903 g/mol. The molecule has 1 radical (unpaired) electrons. The number of para-hydroxylation sites is 2. The van der Waals surface area contributed by atoms with Gasteiger partial charge in [0.1, 0.15) is 0 Å². The zero-order valence-corrected chi connectivity index (χ0v) is 38.5. The summed E-state index contributed by atoms with van der Waals surface area (Å²) in [7, 11) is -1.34. The van der Waals surface area contributed by atoms with Crippen LogP contribution in [0.25, 0.3) is 61.5 Å². The van der Waals surface area contributed by atoms with Crippen molar-refractivity contribution in [2.45, 2.75) is 86.3 Å². The van der Waals surface area contributed by atoms with Crippen LogP contribution in [0.1, 0.15) is 79.7 Å². The average molecular weight is 961 g/mol. The number of fused-ring (bicyclic) bond motifs is 2. The van der Waals surface area contributed by atoms with Gasteiger partial charge in [-0.2, -0.15) is 0 Å². The first kappa shape index (κ1) is 38.6. The summed E-state index contributed by atoms with van der Waals surface area (Å²) >= 11 is 0. The van der Waals surface area contributed by atoms with Crippen LogP contribution in [0.5, 0.6) is 0 Å². The van der Waals surface area contributed by atoms with Crippen molar-refractivity contribution in [3.8, 4) is 39.5 Å². The standard InChI is InChI=1S/C34H31N2O.C18H24NSi.Ir/c1-21(2)27-18-25(24-11-7-6-8-12-24)19-28(22(3)4)33(27)36-31-14-10-9-13-30(31)35-34(36)29-20-37-32-17-23(5)15-16-26(29)32;1-14(2)11-16-12-17(15-9-7-6-8-10-15)19-13-18(16)20(3,4)5;/h6-19,21-22H,1-5H3;6-9,12-14H,11H2,1-5H3;/q2*-1;/i5D3;;. The van der Waals surface area contributed by atoms with Crippen LogP contribution in [0.2, 0.25) is 19.6 Å². The molecule has 0 atom stereocenters. The van der Waals surface area contributed by atoms with Crippen molar-refractivity contribution in [3.05, 3.63) is 156 Å². The van der Waals surface area contributed by atoms with E-state index in [9.17, 15) is 0 Å². The Balaban J connectivity index is 0.000000250. The molecule has 0 spiro atoms. The third-order valence-electron chi connectivity index (χ3n) is 10.5. The minimum absolute atomic E-state index is 0. The summed E-state index contributed by atoms with van der Waals surface area (Å²) in [6.45, 7) is 18.4. The van der Waals surface area contributed by atoms with E-state index in [1.54, 1.807) is 18.2 Å². The number of nitrogens with zero attached hydrogens (tertiary/aromatic N) is 3. The van der Waals surface area contributed by atoms with Crippen molar-refractivity contribution in [3.63, 3.8) is 0 Å². The molecule has 0 fully saturated rings. The molecule has 0 amide bonds. The van der Waals surface area contributed by atoms with Gasteiger partial charge in [0.05, 0.1) is 24.9 Å². The first-order valence-corrected chi connectivity index (χ1v) is 23.6. The maximum absolute atomic E-state index is 7.81. The van der Waals surface area contributed by atoms with Crippen LogP contribution in [0.15, 0.2) is 126 Å². The fourth-order valence-corrected chi connectivity index (χ4v) is 9.25. The summed E-state index contributed by atoms with van der Waals surface area (Å²) in [5.41, 5.74) is 12.9. The molecule has 5 aromatic carbocycles. The van der Waals surface area contributed by atoms with Crippen LogP contribution in [0, 0.1) is 25.1 Å². The Morgan fingerprint density at radius 3 is 2.10 bits per heavy atom. The molecule has 6 heteroatoms. The van der Waals surface area contributed by atoms with Crippen LogP contribution >= 0.6 is 0 Å². The van der Waals surface area contributed by atoms with E-state index in [4.69, 9.17) is 13.5 Å². The van der Waals surface area contributed by atoms with Gasteiger partial charge < -0.3 is 14.0 Å². The normalized spacial score (nSPS) is 12.7. The van der Waals surface area contributed by atoms with E-state index in [1.165, 1.54) is 33.0 Å². The van der Waals surface area contributed by atoms with Gasteiger partial charge in [0.2, 0.25) is 0 Å². The summed E-state index contributed by atoms with van der Waals surface area (Å²) in [4.78, 5) is 9.78. The zero-order valence-electron chi connectivity index (χ0n) is 38.1. The summed E-state index contributed by atoms with van der Waals surface area (Å²) in [6.07, 6.45) is 6.31. The second kappa shape index (κ2) is 17.9. The maximum Gasteiger partial charge on any atom is 0.0798 e. The Morgan fingerprint density at radius 1 is 0.776 bits per heavy atom. The molecule has 3 heterocycles. The average Bonchev–Trinajstić information content (AvgIpc) is 3.81. The fourth-order valence-electron chi connectivity index (χ4n) is 7.66. The fraction of sp³-hybridized carbons (Fsp3) is 0.269. The number of hydrogen-bond donors (Lipinski definition) is 0. The van der Waals surface area contributed by atoms with Crippen molar-refractivity contribution in [2.75, 3.05) is 0 Å². The number of rotatable bonds is 9. The quantitative estimate of drug-likeness (QED) is 0.107. The van der Waals surface area contributed by atoms with Gasteiger partial charge in [0, 0.05) is 47.9 Å². The maximum atomic E-state index is 7.81. The predicted molar refractivity (Wildman–Crippen MR) is 243 cm³/mol. The Kier molecular flexibility index (Phi) is 12.0. The molecule has 4 nitrogen and oxygen atoms in total. The first-order chi connectivity index (χ1) is 28.5. The molecule has 0 bridgehead atoms.